The fourth-order valence-electron chi connectivity index (χ4n) is 4.80. The second kappa shape index (κ2) is 12.9. The van der Waals surface area contributed by atoms with E-state index in [0.717, 1.165) is 11.1 Å². The summed E-state index contributed by atoms with van der Waals surface area (Å²) in [6.45, 7) is 3.95. The van der Waals surface area contributed by atoms with Crippen LogP contribution in [0.25, 0.3) is 11.1 Å². The number of aliphatic hydroxyl groups is 1. The second-order valence-electron chi connectivity index (χ2n) is 9.94. The molecule has 3 unspecified atom stereocenters. The molecule has 0 saturated heterocycles. The van der Waals surface area contributed by atoms with Gasteiger partial charge in [0.2, 0.25) is 0 Å². The molecule has 0 aromatic heterocycles. The third-order valence-electron chi connectivity index (χ3n) is 6.29. The predicted octanol–water partition coefficient (Wildman–Crippen LogP) is 5.08. The standard InChI is InChI=1S/C27H36O8P2/c1-20(2)18-36(32,15-7-13-28)16-8-14-34-27(31)21(17-26(29)30)19-37(33)25-12-6-4-10-23(25)22-9-3-5-11-24(22)35-37/h3-6,9-12,20-21,28H,7-8,13-19H2,1-2H3,(H,29,30). The topological polar surface area (TPSA) is 127 Å². The molecule has 8 nitrogen and oxygen atoms in total. The lowest BCUT2D eigenvalue weighted by Crippen LogP contribution is -2.29. The highest BCUT2D eigenvalue weighted by molar-refractivity contribution is 7.67. The highest BCUT2D eigenvalue weighted by Gasteiger charge is 2.41. The quantitative estimate of drug-likeness (QED) is 0.190. The number of carboxylic acids is 1. The van der Waals surface area contributed by atoms with E-state index >= 15 is 0 Å². The number of carboxylic acid groups (broad SMARTS) is 1. The summed E-state index contributed by atoms with van der Waals surface area (Å²) < 4.78 is 38.7. The Balaban J connectivity index is 1.71. The number of carbonyl (C=O) groups is 2. The summed E-state index contributed by atoms with van der Waals surface area (Å²) in [5, 5.41) is 19.0. The first-order chi connectivity index (χ1) is 17.6. The van der Waals surface area contributed by atoms with Crippen molar-refractivity contribution in [1.82, 2.24) is 0 Å². The van der Waals surface area contributed by atoms with Crippen molar-refractivity contribution in [3.05, 3.63) is 48.5 Å². The molecule has 0 radical (unpaired) electrons. The number of hydrogen-bond donors (Lipinski definition) is 2. The molecule has 0 aliphatic carbocycles. The smallest absolute Gasteiger partial charge is 0.310 e. The lowest BCUT2D eigenvalue weighted by atomic mass is 10.0. The molecule has 2 aromatic rings. The van der Waals surface area contributed by atoms with Gasteiger partial charge in [-0.2, -0.15) is 0 Å². The molecule has 0 amide bonds. The molecule has 10 heteroatoms. The first kappa shape index (κ1) is 29.2. The highest BCUT2D eigenvalue weighted by atomic mass is 31.2. The number of para-hydroxylation sites is 1. The van der Waals surface area contributed by atoms with Gasteiger partial charge in [-0.3, -0.25) is 14.2 Å². The molecule has 0 bridgehead atoms. The zero-order chi connectivity index (χ0) is 27.1. The Kier molecular flexibility index (Phi) is 10.2. The Morgan fingerprint density at radius 3 is 2.35 bits per heavy atom. The number of carbonyl (C=O) groups excluding carboxylic acids is 1. The van der Waals surface area contributed by atoms with Crippen molar-refractivity contribution in [2.24, 2.45) is 11.8 Å². The molecular formula is C27H36O8P2. The Labute approximate surface area is 218 Å². The van der Waals surface area contributed by atoms with E-state index in [1.807, 2.05) is 38.1 Å². The van der Waals surface area contributed by atoms with Crippen LogP contribution < -0.4 is 9.83 Å². The van der Waals surface area contributed by atoms with Crippen LogP contribution in [0.4, 0.5) is 0 Å². The summed E-state index contributed by atoms with van der Waals surface area (Å²) in [5.41, 5.74) is 1.52. The fraction of sp³-hybridized carbons (Fsp3) is 0.481. The van der Waals surface area contributed by atoms with E-state index in [9.17, 15) is 23.8 Å². The molecule has 202 valence electrons. The number of rotatable bonds is 14. The number of hydrogen-bond acceptors (Lipinski definition) is 7. The Bertz CT molecular complexity index is 1190. The lowest BCUT2D eigenvalue weighted by molar-refractivity contribution is -0.152. The molecule has 3 rings (SSSR count). The fourth-order valence-corrected chi connectivity index (χ4v) is 10.7. The van der Waals surface area contributed by atoms with Crippen molar-refractivity contribution in [2.45, 2.75) is 33.1 Å². The van der Waals surface area contributed by atoms with Gasteiger partial charge in [0.25, 0.3) is 7.37 Å². The normalized spacial score (nSPS) is 18.7. The van der Waals surface area contributed by atoms with Crippen LogP contribution in [-0.4, -0.2) is 60.0 Å². The lowest BCUT2D eigenvalue weighted by Gasteiger charge is -2.30. The van der Waals surface area contributed by atoms with Crippen molar-refractivity contribution in [1.29, 1.82) is 0 Å². The molecule has 2 N–H and O–H groups in total. The number of benzene rings is 2. The van der Waals surface area contributed by atoms with Gasteiger partial charge < -0.3 is 24.0 Å². The maximum Gasteiger partial charge on any atom is 0.310 e. The number of aliphatic hydroxyl groups excluding tert-OH is 1. The van der Waals surface area contributed by atoms with Crippen LogP contribution in [-0.2, 0) is 23.5 Å². The molecule has 1 heterocycles. The van der Waals surface area contributed by atoms with Crippen LogP contribution >= 0.6 is 14.5 Å². The maximum absolute atomic E-state index is 14.1. The Morgan fingerprint density at radius 1 is 1.03 bits per heavy atom. The number of esters is 1. The van der Waals surface area contributed by atoms with Crippen LogP contribution in [0.1, 0.15) is 33.1 Å². The van der Waals surface area contributed by atoms with Crippen LogP contribution in [0.5, 0.6) is 5.75 Å². The summed E-state index contributed by atoms with van der Waals surface area (Å²) in [6.07, 6.45) is 1.37. The predicted molar refractivity (Wildman–Crippen MR) is 145 cm³/mol. The summed E-state index contributed by atoms with van der Waals surface area (Å²) in [7, 11) is -6.14. The molecule has 1 aliphatic heterocycles. The van der Waals surface area contributed by atoms with Crippen LogP contribution in [0.2, 0.25) is 0 Å². The van der Waals surface area contributed by atoms with E-state index in [0.29, 0.717) is 42.4 Å². The summed E-state index contributed by atoms with van der Waals surface area (Å²) in [4.78, 5) is 24.5. The molecule has 0 spiro atoms. The van der Waals surface area contributed by atoms with Crippen LogP contribution in [0.15, 0.2) is 48.5 Å². The van der Waals surface area contributed by atoms with Crippen molar-refractivity contribution >= 4 is 31.8 Å². The molecule has 1 aliphatic rings. The Hall–Kier alpha value is -2.40. The molecule has 37 heavy (non-hydrogen) atoms. The van der Waals surface area contributed by atoms with E-state index in [1.165, 1.54) is 0 Å². The maximum atomic E-state index is 14.1. The van der Waals surface area contributed by atoms with E-state index in [4.69, 9.17) is 14.4 Å². The summed E-state index contributed by atoms with van der Waals surface area (Å²) >= 11 is 0. The Morgan fingerprint density at radius 2 is 1.68 bits per heavy atom. The van der Waals surface area contributed by atoms with Gasteiger partial charge in [0.05, 0.1) is 37.6 Å². The third kappa shape index (κ3) is 7.80. The highest BCUT2D eigenvalue weighted by Crippen LogP contribution is 2.55. The van der Waals surface area contributed by atoms with Gasteiger partial charge in [-0.05, 0) is 36.5 Å². The van der Waals surface area contributed by atoms with E-state index < -0.39 is 38.8 Å². The minimum atomic E-state index is -3.63. The first-order valence-electron chi connectivity index (χ1n) is 12.6. The van der Waals surface area contributed by atoms with Gasteiger partial charge >= 0.3 is 11.9 Å². The van der Waals surface area contributed by atoms with Crippen molar-refractivity contribution < 1.29 is 38.2 Å². The van der Waals surface area contributed by atoms with Crippen molar-refractivity contribution in [3.8, 4) is 16.9 Å². The zero-order valence-corrected chi connectivity index (χ0v) is 23.2. The minimum absolute atomic E-state index is 0.0132. The molecule has 0 fully saturated rings. The SMILES string of the molecule is CC(C)CP(=O)(CCCO)CCCOC(=O)C(CC(=O)O)CP1(=O)Oc2ccccc2-c2ccccc21. The average molecular weight is 551 g/mol. The second-order valence-corrected chi connectivity index (χ2v) is 15.7. The molecule has 0 saturated carbocycles. The number of ether oxygens (including phenoxy) is 1. The molecular weight excluding hydrogens is 514 g/mol. The third-order valence-corrected chi connectivity index (χ3v) is 12.5. The van der Waals surface area contributed by atoms with E-state index in [-0.39, 0.29) is 25.3 Å². The van der Waals surface area contributed by atoms with Crippen LogP contribution in [0, 0.1) is 11.8 Å². The summed E-state index contributed by atoms with van der Waals surface area (Å²) in [6, 6.07) is 14.3. The largest absolute Gasteiger partial charge is 0.481 e. The minimum Gasteiger partial charge on any atom is -0.481 e. The van der Waals surface area contributed by atoms with Crippen molar-refractivity contribution in [2.75, 3.05) is 37.9 Å². The van der Waals surface area contributed by atoms with Crippen LogP contribution in [0.3, 0.4) is 0 Å². The van der Waals surface area contributed by atoms with E-state index in [1.54, 1.807) is 24.3 Å². The average Bonchev–Trinajstić information content (AvgIpc) is 2.84. The van der Waals surface area contributed by atoms with Gasteiger partial charge in [-0.1, -0.05) is 50.2 Å². The van der Waals surface area contributed by atoms with Gasteiger partial charge in [-0.25, -0.2) is 0 Å². The zero-order valence-electron chi connectivity index (χ0n) is 21.4. The number of aliphatic carboxylic acids is 1. The first-order valence-corrected chi connectivity index (χ1v) is 16.7. The van der Waals surface area contributed by atoms with Gasteiger partial charge in [0.1, 0.15) is 5.75 Å². The molecule has 2 aromatic carbocycles. The summed E-state index contributed by atoms with van der Waals surface area (Å²) in [5.74, 6) is -2.46. The number of fused-ring (bicyclic) bond motifs is 3. The monoisotopic (exact) mass is 550 g/mol. The molecule has 3 atom stereocenters. The van der Waals surface area contributed by atoms with Gasteiger partial charge in [-0.15, -0.1) is 0 Å². The van der Waals surface area contributed by atoms with Gasteiger partial charge in [0.15, 0.2) is 0 Å². The van der Waals surface area contributed by atoms with E-state index in [2.05, 4.69) is 0 Å². The van der Waals surface area contributed by atoms with Crippen molar-refractivity contribution in [3.63, 3.8) is 0 Å². The van der Waals surface area contributed by atoms with Gasteiger partial charge in [0, 0.05) is 30.7 Å².